The molecule has 1 heteroatoms. The molecule has 24 heavy (non-hydrogen) atoms. The lowest BCUT2D eigenvalue weighted by atomic mass is 10.1. The van der Waals surface area contributed by atoms with Crippen molar-refractivity contribution in [2.45, 2.75) is 55.4 Å². The molecule has 0 saturated carbocycles. The number of benzene rings is 2. The molecule has 0 unspecified atom stereocenters. The number of allylic oxidation sites excluding steroid dienone is 1. The maximum absolute atomic E-state index is 11.7. The first kappa shape index (κ1) is 26.7. The fraction of sp³-hybridized carbons (Fsp3) is 0.348. The van der Waals surface area contributed by atoms with Crippen molar-refractivity contribution in [2.24, 2.45) is 0 Å². The van der Waals surface area contributed by atoms with E-state index in [0.29, 0.717) is 0 Å². The van der Waals surface area contributed by atoms with Crippen molar-refractivity contribution >= 4 is 11.9 Å². The zero-order valence-electron chi connectivity index (χ0n) is 16.8. The molecule has 2 rings (SSSR count). The van der Waals surface area contributed by atoms with Gasteiger partial charge in [0, 0.05) is 5.56 Å². The number of hydrogen-bond acceptors (Lipinski definition) is 1. The minimum Gasteiger partial charge on any atom is -0.289 e. The number of hydrogen-bond donors (Lipinski definition) is 0. The summed E-state index contributed by atoms with van der Waals surface area (Å²) in [6, 6.07) is 19.1. The van der Waals surface area contributed by atoms with Gasteiger partial charge in [-0.15, -0.1) is 0 Å². The normalized spacial score (nSPS) is 8.00. The molecular weight excluding hydrogens is 292 g/mol. The SMILES string of the molecule is CC.CC.CC.CC.O=C(/C=C/c1ccccc1)c1ccccc1. The van der Waals surface area contributed by atoms with Gasteiger partial charge in [0.15, 0.2) is 5.78 Å². The highest BCUT2D eigenvalue weighted by Gasteiger charge is 1.98. The van der Waals surface area contributed by atoms with E-state index < -0.39 is 0 Å². The molecule has 0 aromatic heterocycles. The lowest BCUT2D eigenvalue weighted by Crippen LogP contribution is -1.92. The van der Waals surface area contributed by atoms with Crippen LogP contribution in [0.15, 0.2) is 66.7 Å². The first-order chi connectivity index (χ1) is 11.9. The van der Waals surface area contributed by atoms with Gasteiger partial charge in [0.05, 0.1) is 0 Å². The zero-order chi connectivity index (χ0) is 19.2. The lowest BCUT2D eigenvalue weighted by Gasteiger charge is -1.94. The van der Waals surface area contributed by atoms with E-state index >= 15 is 0 Å². The fourth-order valence-corrected chi connectivity index (χ4v) is 1.43. The van der Waals surface area contributed by atoms with Crippen LogP contribution in [0, 0.1) is 0 Å². The van der Waals surface area contributed by atoms with Crippen LogP contribution in [0.3, 0.4) is 0 Å². The minimum absolute atomic E-state index is 0.0319. The average molecular weight is 329 g/mol. The van der Waals surface area contributed by atoms with Crippen LogP contribution >= 0.6 is 0 Å². The Morgan fingerprint density at radius 3 is 1.42 bits per heavy atom. The average Bonchev–Trinajstić information content (AvgIpc) is 2.73. The van der Waals surface area contributed by atoms with Crippen LogP contribution in [0.2, 0.25) is 0 Å². The lowest BCUT2D eigenvalue weighted by molar-refractivity contribution is 0.104. The van der Waals surface area contributed by atoms with E-state index in [9.17, 15) is 4.79 Å². The van der Waals surface area contributed by atoms with Gasteiger partial charge in [-0.1, -0.05) is 122 Å². The smallest absolute Gasteiger partial charge is 0.185 e. The van der Waals surface area contributed by atoms with Crippen molar-refractivity contribution in [3.05, 3.63) is 77.9 Å². The highest BCUT2D eigenvalue weighted by molar-refractivity contribution is 6.06. The Kier molecular flexibility index (Phi) is 25.8. The molecule has 0 radical (unpaired) electrons. The highest BCUT2D eigenvalue weighted by atomic mass is 16.1. The minimum atomic E-state index is 0.0319. The molecule has 0 heterocycles. The number of ketones is 1. The molecule has 2 aromatic carbocycles. The van der Waals surface area contributed by atoms with E-state index in [1.54, 1.807) is 6.08 Å². The third-order valence-electron chi connectivity index (χ3n) is 2.29. The van der Waals surface area contributed by atoms with E-state index in [1.165, 1.54) is 0 Å². The van der Waals surface area contributed by atoms with Crippen molar-refractivity contribution in [1.82, 2.24) is 0 Å². The van der Waals surface area contributed by atoms with Gasteiger partial charge in [-0.2, -0.15) is 0 Å². The Morgan fingerprint density at radius 1 is 0.625 bits per heavy atom. The second-order valence-electron chi connectivity index (χ2n) is 3.47. The summed E-state index contributed by atoms with van der Waals surface area (Å²) in [5.41, 5.74) is 1.75. The Balaban J connectivity index is -0.000000484. The summed E-state index contributed by atoms with van der Waals surface area (Å²) in [6.45, 7) is 16.0. The summed E-state index contributed by atoms with van der Waals surface area (Å²) in [4.78, 5) is 11.7. The molecular formula is C23H36O. The topological polar surface area (TPSA) is 17.1 Å². The van der Waals surface area contributed by atoms with E-state index in [0.717, 1.165) is 11.1 Å². The summed E-state index contributed by atoms with van der Waals surface area (Å²) in [5, 5.41) is 0. The van der Waals surface area contributed by atoms with Gasteiger partial charge < -0.3 is 0 Å². The van der Waals surface area contributed by atoms with Crippen molar-refractivity contribution in [2.75, 3.05) is 0 Å². The Labute approximate surface area is 150 Å². The van der Waals surface area contributed by atoms with E-state index in [2.05, 4.69) is 0 Å². The van der Waals surface area contributed by atoms with E-state index in [4.69, 9.17) is 0 Å². The summed E-state index contributed by atoms with van der Waals surface area (Å²) in [5.74, 6) is 0.0319. The second-order valence-corrected chi connectivity index (χ2v) is 3.47. The van der Waals surface area contributed by atoms with Crippen LogP contribution in [0.5, 0.6) is 0 Å². The maximum atomic E-state index is 11.7. The predicted molar refractivity (Wildman–Crippen MR) is 112 cm³/mol. The molecule has 0 aliphatic carbocycles. The number of carbonyl (C=O) groups excluding carboxylic acids is 1. The van der Waals surface area contributed by atoms with Gasteiger partial charge >= 0.3 is 0 Å². The van der Waals surface area contributed by atoms with Crippen LogP contribution in [0.1, 0.15) is 71.3 Å². The van der Waals surface area contributed by atoms with Crippen LogP contribution in [0.4, 0.5) is 0 Å². The van der Waals surface area contributed by atoms with E-state index in [1.807, 2.05) is 122 Å². The predicted octanol–water partition coefficient (Wildman–Crippen LogP) is 7.69. The summed E-state index contributed by atoms with van der Waals surface area (Å²) in [6.07, 6.45) is 3.43. The van der Waals surface area contributed by atoms with Crippen molar-refractivity contribution in [3.8, 4) is 0 Å². The molecule has 0 N–H and O–H groups in total. The van der Waals surface area contributed by atoms with E-state index in [-0.39, 0.29) is 5.78 Å². The van der Waals surface area contributed by atoms with Gasteiger partial charge in [0.2, 0.25) is 0 Å². The molecule has 134 valence electrons. The van der Waals surface area contributed by atoms with Crippen LogP contribution in [0.25, 0.3) is 6.08 Å². The van der Waals surface area contributed by atoms with Crippen LogP contribution < -0.4 is 0 Å². The van der Waals surface area contributed by atoms with Crippen LogP contribution in [-0.2, 0) is 0 Å². The Morgan fingerprint density at radius 2 is 1.00 bits per heavy atom. The largest absolute Gasteiger partial charge is 0.289 e. The summed E-state index contributed by atoms with van der Waals surface area (Å²) >= 11 is 0. The molecule has 0 bridgehead atoms. The molecule has 0 atom stereocenters. The molecule has 0 aliphatic heterocycles. The summed E-state index contributed by atoms with van der Waals surface area (Å²) < 4.78 is 0. The van der Waals surface area contributed by atoms with Crippen molar-refractivity contribution in [3.63, 3.8) is 0 Å². The quantitative estimate of drug-likeness (QED) is 0.417. The first-order valence-corrected chi connectivity index (χ1v) is 9.19. The van der Waals surface area contributed by atoms with Gasteiger partial charge in [0.1, 0.15) is 0 Å². The zero-order valence-corrected chi connectivity index (χ0v) is 16.8. The standard InChI is InChI=1S/C15H12O.4C2H6/c16-15(14-9-5-2-6-10-14)12-11-13-7-3-1-4-8-13;4*1-2/h1-12H;4*1-2H3/b12-11+;;;;. The van der Waals surface area contributed by atoms with Gasteiger partial charge in [-0.3, -0.25) is 4.79 Å². The fourth-order valence-electron chi connectivity index (χ4n) is 1.43. The number of carbonyl (C=O) groups is 1. The monoisotopic (exact) mass is 328 g/mol. The van der Waals surface area contributed by atoms with Gasteiger partial charge in [-0.05, 0) is 11.6 Å². The molecule has 0 spiro atoms. The first-order valence-electron chi connectivity index (χ1n) is 9.19. The molecule has 0 amide bonds. The maximum Gasteiger partial charge on any atom is 0.185 e. The summed E-state index contributed by atoms with van der Waals surface area (Å²) in [7, 11) is 0. The molecule has 0 fully saturated rings. The molecule has 0 aliphatic rings. The third-order valence-corrected chi connectivity index (χ3v) is 2.29. The Bertz CT molecular complexity index is 484. The molecule has 2 aromatic rings. The van der Waals surface area contributed by atoms with Gasteiger partial charge in [-0.25, -0.2) is 0 Å². The van der Waals surface area contributed by atoms with Crippen LogP contribution in [-0.4, -0.2) is 5.78 Å². The van der Waals surface area contributed by atoms with Gasteiger partial charge in [0.25, 0.3) is 0 Å². The second kappa shape index (κ2) is 23.1. The van der Waals surface area contributed by atoms with Crippen molar-refractivity contribution < 1.29 is 4.79 Å². The molecule has 0 saturated heterocycles. The molecule has 1 nitrogen and oxygen atoms in total. The highest BCUT2D eigenvalue weighted by Crippen LogP contribution is 2.05. The third kappa shape index (κ3) is 13.5. The number of rotatable bonds is 3. The van der Waals surface area contributed by atoms with Crippen molar-refractivity contribution in [1.29, 1.82) is 0 Å². The Hall–Kier alpha value is -2.15.